The van der Waals surface area contributed by atoms with Gasteiger partial charge in [0.1, 0.15) is 0 Å². The van der Waals surface area contributed by atoms with Gasteiger partial charge in [-0.25, -0.2) is 0 Å². The molecule has 0 radical (unpaired) electrons. The van der Waals surface area contributed by atoms with E-state index in [4.69, 9.17) is 0 Å². The molecule has 15 heavy (non-hydrogen) atoms. The van der Waals surface area contributed by atoms with E-state index in [9.17, 15) is 5.11 Å². The van der Waals surface area contributed by atoms with Gasteiger partial charge in [0.15, 0.2) is 0 Å². The molecule has 0 aromatic carbocycles. The van der Waals surface area contributed by atoms with Gasteiger partial charge in [-0.3, -0.25) is 4.68 Å². The SMILES string of the molecule is CCC(C)(CO)CNCCn1ccnn1. The van der Waals surface area contributed by atoms with Crippen LogP contribution in [-0.2, 0) is 6.54 Å². The topological polar surface area (TPSA) is 63.0 Å². The van der Waals surface area contributed by atoms with Gasteiger partial charge < -0.3 is 10.4 Å². The molecule has 2 N–H and O–H groups in total. The summed E-state index contributed by atoms with van der Waals surface area (Å²) >= 11 is 0. The quantitative estimate of drug-likeness (QED) is 0.637. The highest BCUT2D eigenvalue weighted by molar-refractivity contribution is 4.74. The lowest BCUT2D eigenvalue weighted by molar-refractivity contribution is 0.135. The molecule has 0 bridgehead atoms. The van der Waals surface area contributed by atoms with Crippen LogP contribution in [0.2, 0.25) is 0 Å². The first-order valence-electron chi connectivity index (χ1n) is 5.36. The molecule has 1 rings (SSSR count). The Balaban J connectivity index is 2.16. The van der Waals surface area contributed by atoms with Crippen LogP contribution in [0, 0.1) is 5.41 Å². The van der Waals surface area contributed by atoms with Crippen LogP contribution in [0.3, 0.4) is 0 Å². The van der Waals surface area contributed by atoms with Crippen LogP contribution in [0.1, 0.15) is 20.3 Å². The molecule has 0 fully saturated rings. The van der Waals surface area contributed by atoms with Gasteiger partial charge in [0.05, 0.1) is 12.7 Å². The van der Waals surface area contributed by atoms with Crippen molar-refractivity contribution in [3.8, 4) is 0 Å². The van der Waals surface area contributed by atoms with Crippen LogP contribution in [0.25, 0.3) is 0 Å². The Hall–Kier alpha value is -0.940. The smallest absolute Gasteiger partial charge is 0.0692 e. The average molecular weight is 212 g/mol. The fraction of sp³-hybridized carbons (Fsp3) is 0.800. The number of aromatic nitrogens is 3. The second-order valence-electron chi connectivity index (χ2n) is 4.17. The van der Waals surface area contributed by atoms with Gasteiger partial charge in [0, 0.05) is 31.3 Å². The number of hydrogen-bond acceptors (Lipinski definition) is 4. The van der Waals surface area contributed by atoms with Crippen LogP contribution >= 0.6 is 0 Å². The fourth-order valence-corrected chi connectivity index (χ4v) is 1.23. The summed E-state index contributed by atoms with van der Waals surface area (Å²) < 4.78 is 1.79. The predicted octanol–water partition coefficient (Wildman–Crippen LogP) is 0.276. The third-order valence-corrected chi connectivity index (χ3v) is 2.78. The molecule has 0 saturated carbocycles. The van der Waals surface area contributed by atoms with Crippen LogP contribution in [0.15, 0.2) is 12.4 Å². The molecule has 0 saturated heterocycles. The number of nitrogens with zero attached hydrogens (tertiary/aromatic N) is 3. The molecule has 0 amide bonds. The number of nitrogens with one attached hydrogen (secondary N) is 1. The molecule has 1 atom stereocenters. The summed E-state index contributed by atoms with van der Waals surface area (Å²) in [6.07, 6.45) is 4.48. The molecule has 0 aliphatic heterocycles. The third-order valence-electron chi connectivity index (χ3n) is 2.78. The fourth-order valence-electron chi connectivity index (χ4n) is 1.23. The molecule has 1 aromatic heterocycles. The maximum absolute atomic E-state index is 9.20. The van der Waals surface area contributed by atoms with E-state index in [0.29, 0.717) is 0 Å². The van der Waals surface area contributed by atoms with Crippen LogP contribution in [0.5, 0.6) is 0 Å². The summed E-state index contributed by atoms with van der Waals surface area (Å²) in [7, 11) is 0. The van der Waals surface area contributed by atoms with Crippen molar-refractivity contribution in [3.63, 3.8) is 0 Å². The highest BCUT2D eigenvalue weighted by Gasteiger charge is 2.19. The molecule has 86 valence electrons. The number of aliphatic hydroxyl groups is 1. The van der Waals surface area contributed by atoms with Gasteiger partial charge in [0.25, 0.3) is 0 Å². The van der Waals surface area contributed by atoms with Crippen molar-refractivity contribution in [2.75, 3.05) is 19.7 Å². The second kappa shape index (κ2) is 5.82. The van der Waals surface area contributed by atoms with E-state index in [-0.39, 0.29) is 12.0 Å². The Labute approximate surface area is 90.5 Å². The second-order valence-corrected chi connectivity index (χ2v) is 4.17. The standard InChI is InChI=1S/C10H20N4O/c1-3-10(2,9-15)8-11-4-6-14-7-5-12-13-14/h5,7,11,15H,3-4,6,8-9H2,1-2H3. The summed E-state index contributed by atoms with van der Waals surface area (Å²) in [5, 5.41) is 20.1. The minimum atomic E-state index is -0.0115. The van der Waals surface area contributed by atoms with Crippen molar-refractivity contribution in [1.82, 2.24) is 20.3 Å². The van der Waals surface area contributed by atoms with Gasteiger partial charge in [0.2, 0.25) is 0 Å². The monoisotopic (exact) mass is 212 g/mol. The van der Waals surface area contributed by atoms with Crippen molar-refractivity contribution >= 4 is 0 Å². The molecule has 0 aliphatic rings. The normalized spacial score (nSPS) is 15.1. The summed E-state index contributed by atoms with van der Waals surface area (Å²) in [5.74, 6) is 0. The predicted molar refractivity (Wildman–Crippen MR) is 58.4 cm³/mol. The molecular formula is C10H20N4O. The minimum Gasteiger partial charge on any atom is -0.396 e. The molecular weight excluding hydrogens is 192 g/mol. The number of rotatable bonds is 7. The van der Waals surface area contributed by atoms with Gasteiger partial charge >= 0.3 is 0 Å². The molecule has 5 heteroatoms. The van der Waals surface area contributed by atoms with E-state index in [0.717, 1.165) is 26.1 Å². The Bertz CT molecular complexity index is 256. The molecule has 5 nitrogen and oxygen atoms in total. The minimum absolute atomic E-state index is 0.0115. The first kappa shape index (κ1) is 12.1. The first-order valence-corrected chi connectivity index (χ1v) is 5.36. The van der Waals surface area contributed by atoms with E-state index in [1.165, 1.54) is 0 Å². The largest absolute Gasteiger partial charge is 0.396 e. The Morgan fingerprint density at radius 2 is 2.33 bits per heavy atom. The van der Waals surface area contributed by atoms with E-state index in [1.807, 2.05) is 6.20 Å². The summed E-state index contributed by atoms with van der Waals surface area (Å²) in [5.41, 5.74) is -0.0115. The zero-order valence-electron chi connectivity index (χ0n) is 9.48. The van der Waals surface area contributed by atoms with Crippen molar-refractivity contribution in [1.29, 1.82) is 0 Å². The van der Waals surface area contributed by atoms with Crippen LogP contribution in [-0.4, -0.2) is 39.8 Å². The number of aliphatic hydroxyl groups excluding tert-OH is 1. The summed E-state index contributed by atoms with van der Waals surface area (Å²) in [4.78, 5) is 0. The molecule has 1 unspecified atom stereocenters. The van der Waals surface area contributed by atoms with Gasteiger partial charge in [-0.1, -0.05) is 19.1 Å². The Kier molecular flexibility index (Phi) is 4.71. The van der Waals surface area contributed by atoms with Crippen molar-refractivity contribution in [2.45, 2.75) is 26.8 Å². The molecule has 0 spiro atoms. The number of hydrogen-bond donors (Lipinski definition) is 2. The van der Waals surface area contributed by atoms with Gasteiger partial charge in [-0.2, -0.15) is 0 Å². The van der Waals surface area contributed by atoms with E-state index >= 15 is 0 Å². The van der Waals surface area contributed by atoms with E-state index in [2.05, 4.69) is 29.5 Å². The lowest BCUT2D eigenvalue weighted by Gasteiger charge is -2.25. The molecule has 1 aromatic rings. The highest BCUT2D eigenvalue weighted by atomic mass is 16.3. The highest BCUT2D eigenvalue weighted by Crippen LogP contribution is 2.17. The molecule has 0 aliphatic carbocycles. The Morgan fingerprint density at radius 1 is 1.53 bits per heavy atom. The maximum Gasteiger partial charge on any atom is 0.0692 e. The van der Waals surface area contributed by atoms with Crippen molar-refractivity contribution in [3.05, 3.63) is 12.4 Å². The van der Waals surface area contributed by atoms with Crippen LogP contribution < -0.4 is 5.32 Å². The zero-order valence-corrected chi connectivity index (χ0v) is 9.48. The lowest BCUT2D eigenvalue weighted by atomic mass is 9.89. The van der Waals surface area contributed by atoms with E-state index < -0.39 is 0 Å². The summed E-state index contributed by atoms with van der Waals surface area (Å²) in [6.45, 7) is 6.88. The van der Waals surface area contributed by atoms with Crippen LogP contribution in [0.4, 0.5) is 0 Å². The third kappa shape index (κ3) is 3.97. The Morgan fingerprint density at radius 3 is 2.87 bits per heavy atom. The van der Waals surface area contributed by atoms with Gasteiger partial charge in [-0.05, 0) is 6.42 Å². The lowest BCUT2D eigenvalue weighted by Crippen LogP contribution is -2.35. The average Bonchev–Trinajstić information content (AvgIpc) is 2.77. The molecule has 1 heterocycles. The first-order chi connectivity index (χ1) is 7.20. The van der Waals surface area contributed by atoms with Crippen molar-refractivity contribution in [2.24, 2.45) is 5.41 Å². The zero-order chi connectivity index (χ0) is 11.1. The van der Waals surface area contributed by atoms with Crippen molar-refractivity contribution < 1.29 is 5.11 Å². The van der Waals surface area contributed by atoms with Gasteiger partial charge in [-0.15, -0.1) is 5.10 Å². The summed E-state index contributed by atoms with van der Waals surface area (Å²) in [6, 6.07) is 0. The maximum atomic E-state index is 9.20. The van der Waals surface area contributed by atoms with E-state index in [1.54, 1.807) is 10.9 Å².